The number of hydrogen-bond donors (Lipinski definition) is 1. The number of likely N-dealkylation sites (tertiary alicyclic amines) is 1. The molecule has 3 atom stereocenters. The first-order valence-corrected chi connectivity index (χ1v) is 8.47. The Bertz CT molecular complexity index is 311. The molecule has 2 fully saturated rings. The number of nitrogens with one attached hydrogen (secondary N) is 1. The molecule has 0 aromatic heterocycles. The Kier molecular flexibility index (Phi) is 5.95. The van der Waals surface area contributed by atoms with Crippen molar-refractivity contribution in [3.8, 4) is 0 Å². The van der Waals surface area contributed by atoms with Gasteiger partial charge in [-0.25, -0.2) is 0 Å². The molecular weight excluding hydrogens is 277 g/mol. The minimum Gasteiger partial charge on any atom is -0.311 e. The van der Waals surface area contributed by atoms with Crippen molar-refractivity contribution >= 4 is 0 Å². The third kappa shape index (κ3) is 4.59. The molecule has 0 radical (unpaired) electrons. The summed E-state index contributed by atoms with van der Waals surface area (Å²) in [6, 6.07) is -0.185. The Balaban J connectivity index is 1.87. The van der Waals surface area contributed by atoms with Gasteiger partial charge in [-0.1, -0.05) is 19.8 Å². The van der Waals surface area contributed by atoms with Crippen molar-refractivity contribution in [3.05, 3.63) is 0 Å². The molecule has 0 aromatic rings. The number of nitrogens with zero attached hydrogens (tertiary/aromatic N) is 1. The summed E-state index contributed by atoms with van der Waals surface area (Å²) >= 11 is 0. The number of halogens is 3. The first-order valence-electron chi connectivity index (χ1n) is 8.47. The van der Waals surface area contributed by atoms with E-state index in [2.05, 4.69) is 24.1 Å². The van der Waals surface area contributed by atoms with Crippen molar-refractivity contribution in [2.45, 2.75) is 70.6 Å². The van der Waals surface area contributed by atoms with Gasteiger partial charge in [0.05, 0.1) is 5.92 Å². The third-order valence-electron chi connectivity index (χ3n) is 5.45. The summed E-state index contributed by atoms with van der Waals surface area (Å²) in [6.45, 7) is 7.49. The maximum absolute atomic E-state index is 13.1. The van der Waals surface area contributed by atoms with Crippen LogP contribution in [0.25, 0.3) is 0 Å². The van der Waals surface area contributed by atoms with Crippen LogP contribution in [0.4, 0.5) is 13.2 Å². The zero-order valence-electron chi connectivity index (χ0n) is 13.3. The molecule has 124 valence electrons. The average molecular weight is 306 g/mol. The van der Waals surface area contributed by atoms with Gasteiger partial charge in [0.15, 0.2) is 0 Å². The van der Waals surface area contributed by atoms with E-state index < -0.39 is 12.1 Å². The van der Waals surface area contributed by atoms with Crippen LogP contribution in [0.1, 0.15) is 52.4 Å². The predicted molar refractivity (Wildman–Crippen MR) is 79.2 cm³/mol. The molecule has 2 aliphatic rings. The van der Waals surface area contributed by atoms with E-state index in [9.17, 15) is 13.2 Å². The van der Waals surface area contributed by atoms with Crippen molar-refractivity contribution in [3.63, 3.8) is 0 Å². The molecule has 1 saturated carbocycles. The Labute approximate surface area is 126 Å². The second kappa shape index (κ2) is 7.32. The summed E-state index contributed by atoms with van der Waals surface area (Å²) in [6.07, 6.45) is 0.752. The monoisotopic (exact) mass is 306 g/mol. The predicted octanol–water partition coefficient (Wildman–Crippen LogP) is 3.82. The summed E-state index contributed by atoms with van der Waals surface area (Å²) in [7, 11) is 0. The molecular formula is C16H29F3N2. The highest BCUT2D eigenvalue weighted by Crippen LogP contribution is 2.38. The van der Waals surface area contributed by atoms with E-state index in [0.717, 1.165) is 38.9 Å². The Hall–Kier alpha value is -0.290. The van der Waals surface area contributed by atoms with Gasteiger partial charge in [0.25, 0.3) is 0 Å². The molecule has 1 N–H and O–H groups in total. The van der Waals surface area contributed by atoms with Crippen molar-refractivity contribution in [2.75, 3.05) is 19.6 Å². The van der Waals surface area contributed by atoms with Crippen LogP contribution in [-0.2, 0) is 0 Å². The fourth-order valence-electron chi connectivity index (χ4n) is 3.97. The van der Waals surface area contributed by atoms with Crippen LogP contribution in [0.5, 0.6) is 0 Å². The van der Waals surface area contributed by atoms with Gasteiger partial charge in [-0.05, 0) is 58.2 Å². The van der Waals surface area contributed by atoms with Crippen LogP contribution < -0.4 is 5.32 Å². The lowest BCUT2D eigenvalue weighted by Gasteiger charge is -2.39. The summed E-state index contributed by atoms with van der Waals surface area (Å²) < 4.78 is 39.4. The van der Waals surface area contributed by atoms with Gasteiger partial charge in [-0.3, -0.25) is 0 Å². The minimum atomic E-state index is -4.05. The van der Waals surface area contributed by atoms with Crippen molar-refractivity contribution in [2.24, 2.45) is 11.8 Å². The molecule has 1 heterocycles. The smallest absolute Gasteiger partial charge is 0.311 e. The van der Waals surface area contributed by atoms with Gasteiger partial charge in [0.1, 0.15) is 0 Å². The first kappa shape index (κ1) is 17.1. The Morgan fingerprint density at radius 2 is 1.71 bits per heavy atom. The summed E-state index contributed by atoms with van der Waals surface area (Å²) in [5, 5.41) is 3.34. The van der Waals surface area contributed by atoms with Crippen LogP contribution in [0.3, 0.4) is 0 Å². The second-order valence-electron chi connectivity index (χ2n) is 6.77. The molecule has 2 rings (SSSR count). The van der Waals surface area contributed by atoms with Crippen molar-refractivity contribution in [1.82, 2.24) is 10.2 Å². The molecule has 1 aliphatic heterocycles. The third-order valence-corrected chi connectivity index (χ3v) is 5.45. The van der Waals surface area contributed by atoms with Gasteiger partial charge in [0, 0.05) is 12.1 Å². The van der Waals surface area contributed by atoms with E-state index in [0.29, 0.717) is 25.2 Å². The summed E-state index contributed by atoms with van der Waals surface area (Å²) in [5.74, 6) is -0.631. The highest BCUT2D eigenvalue weighted by molar-refractivity contribution is 4.89. The van der Waals surface area contributed by atoms with E-state index in [4.69, 9.17) is 0 Å². The van der Waals surface area contributed by atoms with Crippen molar-refractivity contribution < 1.29 is 13.2 Å². The quantitative estimate of drug-likeness (QED) is 0.849. The number of rotatable bonds is 4. The standard InChI is InChI=1S/C16H29F3N2/c1-3-21-10-8-13(9-11-21)12(2)20-15-7-5-4-6-14(15)16(17,18)19/h12-15,20H,3-11H2,1-2H3. The van der Waals surface area contributed by atoms with E-state index in [-0.39, 0.29) is 12.1 Å². The van der Waals surface area contributed by atoms with Gasteiger partial charge in [-0.2, -0.15) is 13.2 Å². The fourth-order valence-corrected chi connectivity index (χ4v) is 3.97. The molecule has 1 aliphatic carbocycles. The van der Waals surface area contributed by atoms with Gasteiger partial charge >= 0.3 is 6.18 Å². The molecule has 5 heteroatoms. The Morgan fingerprint density at radius 3 is 2.29 bits per heavy atom. The number of piperidine rings is 1. The molecule has 2 nitrogen and oxygen atoms in total. The Morgan fingerprint density at radius 1 is 1.10 bits per heavy atom. The lowest BCUT2D eigenvalue weighted by atomic mass is 9.82. The van der Waals surface area contributed by atoms with Crippen LogP contribution in [-0.4, -0.2) is 42.8 Å². The number of alkyl halides is 3. The normalized spacial score (nSPS) is 31.3. The molecule has 1 saturated heterocycles. The van der Waals surface area contributed by atoms with Gasteiger partial charge < -0.3 is 10.2 Å². The second-order valence-corrected chi connectivity index (χ2v) is 6.77. The SMILES string of the molecule is CCN1CCC(C(C)NC2CCCCC2C(F)(F)F)CC1. The average Bonchev–Trinajstić information content (AvgIpc) is 2.47. The van der Waals surface area contributed by atoms with Gasteiger partial charge in [0.2, 0.25) is 0 Å². The first-order chi connectivity index (χ1) is 9.91. The van der Waals surface area contributed by atoms with Crippen LogP contribution in [0.2, 0.25) is 0 Å². The van der Waals surface area contributed by atoms with Crippen molar-refractivity contribution in [1.29, 1.82) is 0 Å². The molecule has 0 bridgehead atoms. The van der Waals surface area contributed by atoms with E-state index in [1.165, 1.54) is 0 Å². The highest BCUT2D eigenvalue weighted by atomic mass is 19.4. The summed E-state index contributed by atoms with van der Waals surface area (Å²) in [4.78, 5) is 2.42. The number of hydrogen-bond acceptors (Lipinski definition) is 2. The van der Waals surface area contributed by atoms with Gasteiger partial charge in [-0.15, -0.1) is 0 Å². The van der Waals surface area contributed by atoms with Crippen LogP contribution >= 0.6 is 0 Å². The van der Waals surface area contributed by atoms with Crippen LogP contribution in [0, 0.1) is 11.8 Å². The minimum absolute atomic E-state index is 0.192. The summed E-state index contributed by atoms with van der Waals surface area (Å²) in [5.41, 5.74) is 0. The zero-order valence-corrected chi connectivity index (χ0v) is 13.3. The molecule has 0 aromatic carbocycles. The fraction of sp³-hybridized carbons (Fsp3) is 1.00. The molecule has 0 amide bonds. The maximum atomic E-state index is 13.1. The van der Waals surface area contributed by atoms with E-state index in [1.54, 1.807) is 0 Å². The van der Waals surface area contributed by atoms with E-state index in [1.807, 2.05) is 0 Å². The molecule has 21 heavy (non-hydrogen) atoms. The van der Waals surface area contributed by atoms with E-state index >= 15 is 0 Å². The maximum Gasteiger partial charge on any atom is 0.393 e. The largest absolute Gasteiger partial charge is 0.393 e. The molecule has 0 spiro atoms. The lowest BCUT2D eigenvalue weighted by Crippen LogP contribution is -2.51. The van der Waals surface area contributed by atoms with Crippen LogP contribution in [0.15, 0.2) is 0 Å². The topological polar surface area (TPSA) is 15.3 Å². The highest BCUT2D eigenvalue weighted by Gasteiger charge is 2.45. The lowest BCUT2D eigenvalue weighted by molar-refractivity contribution is -0.189. The molecule has 3 unspecified atom stereocenters. The zero-order chi connectivity index (χ0) is 15.5.